The molecule has 0 saturated carbocycles. The molecule has 3 fully saturated rings. The second kappa shape index (κ2) is 5.70. The van der Waals surface area contributed by atoms with Crippen LogP contribution in [0.3, 0.4) is 0 Å². The smallest absolute Gasteiger partial charge is 0.346 e. The summed E-state index contributed by atoms with van der Waals surface area (Å²) in [6.07, 6.45) is -1.90. The SMILES string of the molecule is O=C(N[C@H]1CN2CCC1CC2)c1cc(Cl)c(C(F)(F)F)cn1. The van der Waals surface area contributed by atoms with Crippen LogP contribution in [0.4, 0.5) is 13.2 Å². The van der Waals surface area contributed by atoms with Crippen LogP contribution in [0.5, 0.6) is 0 Å². The van der Waals surface area contributed by atoms with Gasteiger partial charge in [-0.1, -0.05) is 11.6 Å². The molecule has 3 saturated heterocycles. The average molecular weight is 334 g/mol. The Morgan fingerprint density at radius 3 is 2.55 bits per heavy atom. The number of nitrogens with one attached hydrogen (secondary N) is 1. The summed E-state index contributed by atoms with van der Waals surface area (Å²) in [5.41, 5.74) is -1.12. The fraction of sp³-hybridized carbons (Fsp3) is 0.571. The van der Waals surface area contributed by atoms with Crippen LogP contribution in [-0.2, 0) is 6.18 Å². The van der Waals surface area contributed by atoms with Crippen molar-refractivity contribution in [3.05, 3.63) is 28.5 Å². The summed E-state index contributed by atoms with van der Waals surface area (Å²) >= 11 is 5.62. The van der Waals surface area contributed by atoms with E-state index in [0.29, 0.717) is 12.1 Å². The summed E-state index contributed by atoms with van der Waals surface area (Å²) in [4.78, 5) is 18.0. The van der Waals surface area contributed by atoms with Gasteiger partial charge in [-0.15, -0.1) is 0 Å². The first kappa shape index (κ1) is 15.6. The molecular formula is C14H15ClF3N3O. The highest BCUT2D eigenvalue weighted by atomic mass is 35.5. The molecule has 0 aliphatic carbocycles. The Morgan fingerprint density at radius 2 is 2.05 bits per heavy atom. The number of halogens is 4. The first-order chi connectivity index (χ1) is 10.3. The summed E-state index contributed by atoms with van der Waals surface area (Å²) in [5.74, 6) is -0.0479. The molecule has 4 nitrogen and oxygen atoms in total. The molecule has 0 spiro atoms. The second-order valence-corrected chi connectivity index (χ2v) is 6.17. The van der Waals surface area contributed by atoms with Gasteiger partial charge in [0.15, 0.2) is 0 Å². The maximum Gasteiger partial charge on any atom is 0.419 e. The van der Waals surface area contributed by atoms with Crippen LogP contribution in [0.25, 0.3) is 0 Å². The number of aromatic nitrogens is 1. The Morgan fingerprint density at radius 1 is 1.36 bits per heavy atom. The van der Waals surface area contributed by atoms with Gasteiger partial charge in [-0.05, 0) is 37.9 Å². The highest BCUT2D eigenvalue weighted by molar-refractivity contribution is 6.31. The summed E-state index contributed by atoms with van der Waals surface area (Å²) < 4.78 is 37.9. The topological polar surface area (TPSA) is 45.2 Å². The number of nitrogens with zero attached hydrogens (tertiary/aromatic N) is 2. The van der Waals surface area contributed by atoms with Crippen molar-refractivity contribution in [2.45, 2.75) is 25.1 Å². The molecule has 1 N–H and O–H groups in total. The number of carbonyl (C=O) groups is 1. The number of rotatable bonds is 2. The lowest BCUT2D eigenvalue weighted by Gasteiger charge is -2.44. The molecular weight excluding hydrogens is 319 g/mol. The van der Waals surface area contributed by atoms with E-state index in [2.05, 4.69) is 15.2 Å². The molecule has 22 heavy (non-hydrogen) atoms. The standard InChI is InChI=1S/C14H15ClF3N3O/c15-10-5-11(19-6-9(10)14(16,17)18)13(22)20-12-7-21-3-1-8(12)2-4-21/h5-6,8,12H,1-4,7H2,(H,20,22)/t12-/m0/s1. The molecule has 8 heteroatoms. The Hall–Kier alpha value is -1.34. The average Bonchev–Trinajstić information content (AvgIpc) is 2.47. The monoisotopic (exact) mass is 333 g/mol. The van der Waals surface area contributed by atoms with Crippen molar-refractivity contribution in [3.8, 4) is 0 Å². The zero-order valence-corrected chi connectivity index (χ0v) is 12.4. The van der Waals surface area contributed by atoms with E-state index in [1.807, 2.05) is 0 Å². The maximum atomic E-state index is 12.6. The van der Waals surface area contributed by atoms with Crippen molar-refractivity contribution in [3.63, 3.8) is 0 Å². The normalized spacial score (nSPS) is 27.7. The van der Waals surface area contributed by atoms with Crippen LogP contribution in [0, 0.1) is 5.92 Å². The molecule has 4 rings (SSSR count). The maximum absolute atomic E-state index is 12.6. The van der Waals surface area contributed by atoms with Gasteiger partial charge < -0.3 is 10.2 Å². The van der Waals surface area contributed by atoms with Crippen molar-refractivity contribution in [1.82, 2.24) is 15.2 Å². The van der Waals surface area contributed by atoms with E-state index in [1.54, 1.807) is 0 Å². The van der Waals surface area contributed by atoms with Crippen molar-refractivity contribution in [1.29, 1.82) is 0 Å². The Bertz CT molecular complexity index is 585. The van der Waals surface area contributed by atoms with Crippen LogP contribution in [0.15, 0.2) is 12.3 Å². The molecule has 0 aromatic carbocycles. The molecule has 0 unspecified atom stereocenters. The minimum absolute atomic E-state index is 0.0258. The third-order valence-electron chi connectivity index (χ3n) is 4.36. The first-order valence-electron chi connectivity index (χ1n) is 7.10. The van der Waals surface area contributed by atoms with Gasteiger partial charge in [0.2, 0.25) is 0 Å². The lowest BCUT2D eigenvalue weighted by molar-refractivity contribution is -0.137. The van der Waals surface area contributed by atoms with E-state index in [1.165, 1.54) is 0 Å². The molecule has 4 heterocycles. The number of carbonyl (C=O) groups excluding carboxylic acids is 1. The van der Waals surface area contributed by atoms with Gasteiger partial charge in [-0.25, -0.2) is 0 Å². The second-order valence-electron chi connectivity index (χ2n) is 5.77. The molecule has 120 valence electrons. The zero-order valence-electron chi connectivity index (χ0n) is 11.7. The van der Waals surface area contributed by atoms with Gasteiger partial charge in [0.25, 0.3) is 5.91 Å². The zero-order chi connectivity index (χ0) is 15.9. The van der Waals surface area contributed by atoms with Crippen molar-refractivity contribution < 1.29 is 18.0 Å². The summed E-state index contributed by atoms with van der Waals surface area (Å²) in [6, 6.07) is 0.999. The van der Waals surface area contributed by atoms with Crippen LogP contribution in [0.2, 0.25) is 5.02 Å². The van der Waals surface area contributed by atoms with Crippen molar-refractivity contribution in [2.24, 2.45) is 5.92 Å². The van der Waals surface area contributed by atoms with E-state index >= 15 is 0 Å². The van der Waals surface area contributed by atoms with E-state index in [4.69, 9.17) is 11.6 Å². The summed E-state index contributed by atoms with van der Waals surface area (Å²) in [6.45, 7) is 2.87. The van der Waals surface area contributed by atoms with E-state index in [0.717, 1.165) is 38.5 Å². The third-order valence-corrected chi connectivity index (χ3v) is 4.68. The fourth-order valence-corrected chi connectivity index (χ4v) is 3.39. The van der Waals surface area contributed by atoms with Gasteiger partial charge in [0.05, 0.1) is 10.6 Å². The minimum Gasteiger partial charge on any atom is -0.346 e. The first-order valence-corrected chi connectivity index (χ1v) is 7.48. The highest BCUT2D eigenvalue weighted by Crippen LogP contribution is 2.34. The largest absolute Gasteiger partial charge is 0.419 e. The van der Waals surface area contributed by atoms with E-state index in [9.17, 15) is 18.0 Å². The van der Waals surface area contributed by atoms with Gasteiger partial charge in [0, 0.05) is 18.8 Å². The molecule has 0 radical (unpaired) electrons. The van der Waals surface area contributed by atoms with Gasteiger partial charge >= 0.3 is 6.18 Å². The third kappa shape index (κ3) is 3.05. The molecule has 1 aromatic rings. The number of fused-ring (bicyclic) bond motifs is 3. The van der Waals surface area contributed by atoms with E-state index in [-0.39, 0.29) is 11.7 Å². The molecule has 1 atom stereocenters. The predicted octanol–water partition coefficient (Wildman–Crippen LogP) is 2.58. The molecule has 1 amide bonds. The number of hydrogen-bond donors (Lipinski definition) is 1. The van der Waals surface area contributed by atoms with Crippen molar-refractivity contribution in [2.75, 3.05) is 19.6 Å². The summed E-state index contributed by atoms with van der Waals surface area (Å²) in [7, 11) is 0. The van der Waals surface area contributed by atoms with Crippen LogP contribution in [0.1, 0.15) is 28.9 Å². The Balaban J connectivity index is 1.71. The fourth-order valence-electron chi connectivity index (χ4n) is 3.13. The number of piperidine rings is 3. The predicted molar refractivity (Wildman–Crippen MR) is 74.7 cm³/mol. The number of amides is 1. The molecule has 1 aromatic heterocycles. The van der Waals surface area contributed by atoms with E-state index < -0.39 is 22.7 Å². The molecule has 3 aliphatic heterocycles. The number of alkyl halides is 3. The van der Waals surface area contributed by atoms with Gasteiger partial charge in [-0.3, -0.25) is 9.78 Å². The number of hydrogen-bond acceptors (Lipinski definition) is 3. The Labute approximate surface area is 130 Å². The van der Waals surface area contributed by atoms with Crippen LogP contribution in [-0.4, -0.2) is 41.5 Å². The highest BCUT2D eigenvalue weighted by Gasteiger charge is 2.36. The lowest BCUT2D eigenvalue weighted by atomic mass is 9.84. The minimum atomic E-state index is -4.57. The molecule has 3 aliphatic rings. The van der Waals surface area contributed by atoms with Crippen molar-refractivity contribution >= 4 is 17.5 Å². The number of pyridine rings is 1. The summed E-state index contributed by atoms with van der Waals surface area (Å²) in [5, 5.41) is 2.36. The quantitative estimate of drug-likeness (QED) is 0.905. The lowest BCUT2D eigenvalue weighted by Crippen LogP contribution is -2.57. The van der Waals surface area contributed by atoms with Crippen LogP contribution >= 0.6 is 11.6 Å². The molecule has 2 bridgehead atoms. The van der Waals surface area contributed by atoms with Crippen LogP contribution < -0.4 is 5.32 Å². The van der Waals surface area contributed by atoms with Gasteiger partial charge in [0.1, 0.15) is 5.69 Å². The van der Waals surface area contributed by atoms with Gasteiger partial charge in [-0.2, -0.15) is 13.2 Å². The Kier molecular flexibility index (Phi) is 4.03.